The fourth-order valence-electron chi connectivity index (χ4n) is 1.76. The first kappa shape index (κ1) is 26.3. The normalized spacial score (nSPS) is 9.36. The maximum Gasteiger partial charge on any atom is 0.220 e. The van der Waals surface area contributed by atoms with Gasteiger partial charge in [0.25, 0.3) is 0 Å². The van der Waals surface area contributed by atoms with Crippen molar-refractivity contribution < 1.29 is 9.59 Å². The highest BCUT2D eigenvalue weighted by atomic mass is 35.5. The second kappa shape index (κ2) is 20.4. The molecule has 0 unspecified atom stereocenters. The van der Waals surface area contributed by atoms with Gasteiger partial charge in [-0.25, -0.2) is 0 Å². The lowest BCUT2D eigenvalue weighted by atomic mass is 10.2. The van der Waals surface area contributed by atoms with E-state index in [0.717, 1.165) is 51.6 Å². The Bertz CT molecular complexity index is 243. The van der Waals surface area contributed by atoms with E-state index in [1.54, 1.807) is 0 Å². The Labute approximate surface area is 146 Å². The van der Waals surface area contributed by atoms with Gasteiger partial charge >= 0.3 is 0 Å². The van der Waals surface area contributed by atoms with Gasteiger partial charge < -0.3 is 22.1 Å². The van der Waals surface area contributed by atoms with Crippen LogP contribution in [0.25, 0.3) is 0 Å². The SMILES string of the molecule is Cl.Cl.NCCCC(=O)NCCCCCCNC(=O)CCCN. The van der Waals surface area contributed by atoms with Gasteiger partial charge in [-0.1, -0.05) is 12.8 Å². The summed E-state index contributed by atoms with van der Waals surface area (Å²) in [6.45, 7) is 2.58. The smallest absolute Gasteiger partial charge is 0.220 e. The minimum absolute atomic E-state index is 0. The van der Waals surface area contributed by atoms with Crippen LogP contribution in [0.5, 0.6) is 0 Å². The molecule has 0 atom stereocenters. The van der Waals surface area contributed by atoms with E-state index in [0.29, 0.717) is 25.9 Å². The third-order valence-electron chi connectivity index (χ3n) is 2.96. The molecule has 6 nitrogen and oxygen atoms in total. The van der Waals surface area contributed by atoms with Gasteiger partial charge in [-0.05, 0) is 38.8 Å². The van der Waals surface area contributed by atoms with Gasteiger partial charge in [0.05, 0.1) is 0 Å². The van der Waals surface area contributed by atoms with Gasteiger partial charge in [-0.2, -0.15) is 0 Å². The van der Waals surface area contributed by atoms with Crippen LogP contribution in [0.15, 0.2) is 0 Å². The van der Waals surface area contributed by atoms with Crippen molar-refractivity contribution in [2.75, 3.05) is 26.2 Å². The van der Waals surface area contributed by atoms with Crippen LogP contribution >= 0.6 is 24.8 Å². The topological polar surface area (TPSA) is 110 Å². The molecule has 0 fully saturated rings. The first-order valence-corrected chi connectivity index (χ1v) is 7.64. The first-order chi connectivity index (χ1) is 9.70. The molecule has 0 aromatic heterocycles. The Morgan fingerprint density at radius 1 is 0.636 bits per heavy atom. The minimum Gasteiger partial charge on any atom is -0.356 e. The van der Waals surface area contributed by atoms with E-state index in [2.05, 4.69) is 10.6 Å². The number of carbonyl (C=O) groups is 2. The van der Waals surface area contributed by atoms with Crippen molar-refractivity contribution in [2.24, 2.45) is 11.5 Å². The molecule has 0 heterocycles. The molecule has 0 saturated heterocycles. The standard InChI is InChI=1S/C14H30N4O2.2ClH/c15-9-5-7-13(19)17-11-3-1-2-4-12-18-14(20)8-6-10-16;;/h1-12,15-16H2,(H,17,19)(H,18,20);2*1H. The number of carbonyl (C=O) groups excluding carboxylic acids is 2. The van der Waals surface area contributed by atoms with Crippen molar-refractivity contribution >= 4 is 36.6 Å². The molecule has 0 aromatic carbocycles. The second-order valence-electron chi connectivity index (χ2n) is 4.90. The molecule has 8 heteroatoms. The molecule has 6 N–H and O–H groups in total. The van der Waals surface area contributed by atoms with Crippen LogP contribution in [-0.4, -0.2) is 38.0 Å². The summed E-state index contributed by atoms with van der Waals surface area (Å²) in [6.07, 6.45) is 6.62. The summed E-state index contributed by atoms with van der Waals surface area (Å²) in [6, 6.07) is 0. The Balaban J connectivity index is -0.00000180. The van der Waals surface area contributed by atoms with E-state index < -0.39 is 0 Å². The summed E-state index contributed by atoms with van der Waals surface area (Å²) >= 11 is 0. The highest BCUT2D eigenvalue weighted by Gasteiger charge is 2.00. The van der Waals surface area contributed by atoms with Gasteiger partial charge in [0.15, 0.2) is 0 Å². The maximum absolute atomic E-state index is 11.3. The molecule has 134 valence electrons. The average molecular weight is 359 g/mol. The number of rotatable bonds is 13. The molecule has 0 saturated carbocycles. The largest absolute Gasteiger partial charge is 0.356 e. The van der Waals surface area contributed by atoms with E-state index in [4.69, 9.17) is 11.5 Å². The van der Waals surface area contributed by atoms with Gasteiger partial charge in [0.2, 0.25) is 11.8 Å². The van der Waals surface area contributed by atoms with E-state index in [-0.39, 0.29) is 36.6 Å². The summed E-state index contributed by atoms with van der Waals surface area (Å²) in [5, 5.41) is 5.75. The number of halogens is 2. The molecule has 0 spiro atoms. The lowest BCUT2D eigenvalue weighted by molar-refractivity contribution is -0.122. The highest BCUT2D eigenvalue weighted by molar-refractivity contribution is 5.85. The molecule has 22 heavy (non-hydrogen) atoms. The van der Waals surface area contributed by atoms with E-state index in [1.165, 1.54) is 0 Å². The van der Waals surface area contributed by atoms with Crippen molar-refractivity contribution in [2.45, 2.75) is 51.4 Å². The third kappa shape index (κ3) is 19.4. The number of amides is 2. The summed E-state index contributed by atoms with van der Waals surface area (Å²) in [4.78, 5) is 22.6. The number of unbranched alkanes of at least 4 members (excludes halogenated alkanes) is 3. The molecule has 0 aliphatic rings. The van der Waals surface area contributed by atoms with Gasteiger partial charge in [-0.15, -0.1) is 24.8 Å². The lowest BCUT2D eigenvalue weighted by Crippen LogP contribution is -2.25. The minimum atomic E-state index is 0. The van der Waals surface area contributed by atoms with Crippen LogP contribution in [0.4, 0.5) is 0 Å². The summed E-state index contributed by atoms with van der Waals surface area (Å²) in [7, 11) is 0. The van der Waals surface area contributed by atoms with Crippen LogP contribution in [0.2, 0.25) is 0 Å². The van der Waals surface area contributed by atoms with E-state index >= 15 is 0 Å². The molecule has 0 bridgehead atoms. The van der Waals surface area contributed by atoms with Crippen molar-refractivity contribution in [3.8, 4) is 0 Å². The fourth-order valence-corrected chi connectivity index (χ4v) is 1.76. The second-order valence-corrected chi connectivity index (χ2v) is 4.90. The number of hydrogen-bond acceptors (Lipinski definition) is 4. The molecular formula is C14H32Cl2N4O2. The van der Waals surface area contributed by atoms with Crippen LogP contribution in [0.3, 0.4) is 0 Å². The molecule has 0 rings (SSSR count). The van der Waals surface area contributed by atoms with Crippen LogP contribution in [0, 0.1) is 0 Å². The van der Waals surface area contributed by atoms with Crippen molar-refractivity contribution in [3.05, 3.63) is 0 Å². The van der Waals surface area contributed by atoms with Crippen molar-refractivity contribution in [1.29, 1.82) is 0 Å². The van der Waals surface area contributed by atoms with E-state index in [1.807, 2.05) is 0 Å². The Kier molecular flexibility index (Phi) is 24.5. The van der Waals surface area contributed by atoms with E-state index in [9.17, 15) is 9.59 Å². The lowest BCUT2D eigenvalue weighted by Gasteiger charge is -2.06. The number of nitrogens with two attached hydrogens (primary N) is 2. The summed E-state index contributed by atoms with van der Waals surface area (Å²) in [5.41, 5.74) is 10.7. The van der Waals surface area contributed by atoms with Gasteiger partial charge in [-0.3, -0.25) is 9.59 Å². The Morgan fingerprint density at radius 2 is 1.00 bits per heavy atom. The summed E-state index contributed by atoms with van der Waals surface area (Å²) < 4.78 is 0. The molecule has 0 radical (unpaired) electrons. The molecule has 2 amide bonds. The maximum atomic E-state index is 11.3. The quantitative estimate of drug-likeness (QED) is 0.369. The Hall–Kier alpha value is -0.560. The zero-order valence-electron chi connectivity index (χ0n) is 13.3. The van der Waals surface area contributed by atoms with Gasteiger partial charge in [0.1, 0.15) is 0 Å². The van der Waals surface area contributed by atoms with Crippen LogP contribution in [-0.2, 0) is 9.59 Å². The van der Waals surface area contributed by atoms with Crippen molar-refractivity contribution in [3.63, 3.8) is 0 Å². The molecule has 0 aliphatic carbocycles. The average Bonchev–Trinajstić information content (AvgIpc) is 2.45. The Morgan fingerprint density at radius 3 is 1.32 bits per heavy atom. The predicted octanol–water partition coefficient (Wildman–Crippen LogP) is 1.10. The first-order valence-electron chi connectivity index (χ1n) is 7.64. The molecule has 0 aromatic rings. The number of nitrogens with one attached hydrogen (secondary N) is 2. The number of hydrogen-bond donors (Lipinski definition) is 4. The van der Waals surface area contributed by atoms with Gasteiger partial charge in [0, 0.05) is 25.9 Å². The van der Waals surface area contributed by atoms with Crippen LogP contribution < -0.4 is 22.1 Å². The monoisotopic (exact) mass is 358 g/mol. The highest BCUT2D eigenvalue weighted by Crippen LogP contribution is 1.98. The third-order valence-corrected chi connectivity index (χ3v) is 2.96. The van der Waals surface area contributed by atoms with Crippen molar-refractivity contribution in [1.82, 2.24) is 10.6 Å². The molecular weight excluding hydrogens is 327 g/mol. The zero-order chi connectivity index (χ0) is 15.1. The molecule has 0 aliphatic heterocycles. The zero-order valence-corrected chi connectivity index (χ0v) is 14.9. The fraction of sp³-hybridized carbons (Fsp3) is 0.857. The van der Waals surface area contributed by atoms with Crippen LogP contribution in [0.1, 0.15) is 51.4 Å². The predicted molar refractivity (Wildman–Crippen MR) is 95.6 cm³/mol. The summed E-state index contributed by atoms with van der Waals surface area (Å²) in [5.74, 6) is 0.172.